The molecule has 0 unspecified atom stereocenters. The molecule has 5 aliphatic carbocycles. The van der Waals surface area contributed by atoms with Crippen LogP contribution in [0.25, 0.3) is 0 Å². The molecule has 0 spiro atoms. The number of fused-ring (bicyclic) bond motifs is 7. The second kappa shape index (κ2) is 6.66. The maximum atomic E-state index is 11.1. The summed E-state index contributed by atoms with van der Waals surface area (Å²) in [6.07, 6.45) is 12.7. The first-order chi connectivity index (χ1) is 14.6. The van der Waals surface area contributed by atoms with Gasteiger partial charge < -0.3 is 10.8 Å². The molecule has 0 heterocycles. The van der Waals surface area contributed by atoms with Crippen molar-refractivity contribution in [2.45, 2.75) is 118 Å². The van der Waals surface area contributed by atoms with E-state index < -0.39 is 5.72 Å². The Morgan fingerprint density at radius 1 is 0.781 bits per heavy atom. The molecular formula is C30H51NO. The Morgan fingerprint density at radius 3 is 2.12 bits per heavy atom. The largest absolute Gasteiger partial charge is 0.376 e. The van der Waals surface area contributed by atoms with Crippen LogP contribution in [0.4, 0.5) is 0 Å². The van der Waals surface area contributed by atoms with E-state index in [0.717, 1.165) is 36.5 Å². The average molecular weight is 442 g/mol. The molecule has 182 valence electrons. The third kappa shape index (κ3) is 2.61. The number of hydrogen-bond acceptors (Lipinski definition) is 2. The smallest absolute Gasteiger partial charge is 0.118 e. The van der Waals surface area contributed by atoms with Crippen LogP contribution in [0.2, 0.25) is 0 Å². The second-order valence-electron chi connectivity index (χ2n) is 15.0. The van der Waals surface area contributed by atoms with E-state index in [0.29, 0.717) is 27.6 Å². The summed E-state index contributed by atoms with van der Waals surface area (Å²) >= 11 is 0. The van der Waals surface area contributed by atoms with Crippen LogP contribution in [0, 0.1) is 56.7 Å². The molecule has 0 aromatic heterocycles. The Labute approximate surface area is 198 Å². The van der Waals surface area contributed by atoms with Gasteiger partial charge in [0.2, 0.25) is 0 Å². The molecule has 2 heteroatoms. The summed E-state index contributed by atoms with van der Waals surface area (Å²) in [4.78, 5) is 0. The van der Waals surface area contributed by atoms with Crippen LogP contribution in [0.5, 0.6) is 0 Å². The van der Waals surface area contributed by atoms with Crippen LogP contribution in [-0.2, 0) is 0 Å². The highest BCUT2D eigenvalue weighted by Gasteiger charge is 2.71. The summed E-state index contributed by atoms with van der Waals surface area (Å²) in [6.45, 7) is 21.9. The van der Waals surface area contributed by atoms with E-state index in [1.165, 1.54) is 56.9 Å². The lowest BCUT2D eigenvalue weighted by molar-refractivity contribution is -0.263. The molecule has 5 rings (SSSR count). The minimum absolute atomic E-state index is 0.222. The van der Waals surface area contributed by atoms with Gasteiger partial charge in [-0.15, -0.1) is 0 Å². The summed E-state index contributed by atoms with van der Waals surface area (Å²) in [6, 6.07) is 0. The summed E-state index contributed by atoms with van der Waals surface area (Å²) in [5.41, 5.74) is 8.35. The quantitative estimate of drug-likeness (QED) is 0.331. The van der Waals surface area contributed by atoms with E-state index >= 15 is 0 Å². The van der Waals surface area contributed by atoms with E-state index in [2.05, 4.69) is 55.0 Å². The Kier molecular flexibility index (Phi) is 4.87. The van der Waals surface area contributed by atoms with E-state index in [4.69, 9.17) is 5.73 Å². The van der Waals surface area contributed by atoms with Crippen molar-refractivity contribution in [2.75, 3.05) is 0 Å². The highest BCUT2D eigenvalue weighted by Crippen LogP contribution is 2.77. The fourth-order valence-corrected chi connectivity index (χ4v) is 11.5. The van der Waals surface area contributed by atoms with Gasteiger partial charge in [-0.3, -0.25) is 0 Å². The predicted molar refractivity (Wildman–Crippen MR) is 134 cm³/mol. The molecule has 32 heavy (non-hydrogen) atoms. The fraction of sp³-hybridized carbons (Fsp3) is 0.933. The maximum Gasteiger partial charge on any atom is 0.118 e. The summed E-state index contributed by atoms with van der Waals surface area (Å²) < 4.78 is 0. The maximum absolute atomic E-state index is 11.1. The average Bonchev–Trinajstić information content (AvgIpc) is 3.04. The highest BCUT2D eigenvalue weighted by molar-refractivity contribution is 5.21. The number of hydrogen-bond donors (Lipinski definition) is 2. The van der Waals surface area contributed by atoms with Gasteiger partial charge in [0.15, 0.2) is 0 Å². The third-order valence-electron chi connectivity index (χ3n) is 13.8. The molecule has 5 fully saturated rings. The third-order valence-corrected chi connectivity index (χ3v) is 13.8. The van der Waals surface area contributed by atoms with Gasteiger partial charge in [-0.2, -0.15) is 0 Å². The Balaban J connectivity index is 1.54. The van der Waals surface area contributed by atoms with Crippen molar-refractivity contribution in [3.63, 3.8) is 0 Å². The molecule has 0 aromatic rings. The SMILES string of the molecule is C=C(C)[C@@H]1CC[C@]2(C)CC[C@]3(C)[C@H](CC[C@@H]4[C@@]5(C)CC[C@](N)(O)C(C)(C)[C@@H]5CC[C@]43C)[C@@H]12. The molecule has 0 amide bonds. The summed E-state index contributed by atoms with van der Waals surface area (Å²) in [5.74, 6) is 3.67. The van der Waals surface area contributed by atoms with Crippen molar-refractivity contribution >= 4 is 0 Å². The normalized spacial score (nSPS) is 58.8. The van der Waals surface area contributed by atoms with E-state index in [9.17, 15) is 5.11 Å². The zero-order valence-corrected chi connectivity index (χ0v) is 22.2. The first-order valence-corrected chi connectivity index (χ1v) is 13.8. The molecule has 0 saturated heterocycles. The molecule has 5 saturated carbocycles. The lowest BCUT2D eigenvalue weighted by atomic mass is 9.32. The summed E-state index contributed by atoms with van der Waals surface area (Å²) in [7, 11) is 0. The number of rotatable bonds is 1. The first-order valence-electron chi connectivity index (χ1n) is 13.8. The summed E-state index contributed by atoms with van der Waals surface area (Å²) in [5, 5.41) is 11.1. The molecular weight excluding hydrogens is 390 g/mol. The molecule has 0 bridgehead atoms. The van der Waals surface area contributed by atoms with Crippen molar-refractivity contribution < 1.29 is 5.11 Å². The first kappa shape index (κ1) is 23.4. The van der Waals surface area contributed by atoms with Crippen LogP contribution >= 0.6 is 0 Å². The van der Waals surface area contributed by atoms with E-state index in [1.54, 1.807) is 0 Å². The van der Waals surface area contributed by atoms with Crippen LogP contribution in [0.3, 0.4) is 0 Å². The predicted octanol–water partition coefficient (Wildman–Crippen LogP) is 7.31. The lowest BCUT2D eigenvalue weighted by Crippen LogP contribution is -2.70. The lowest BCUT2D eigenvalue weighted by Gasteiger charge is -2.73. The minimum atomic E-state index is -1.03. The van der Waals surface area contributed by atoms with Crippen LogP contribution in [0.1, 0.15) is 113 Å². The Morgan fingerprint density at radius 2 is 1.47 bits per heavy atom. The monoisotopic (exact) mass is 441 g/mol. The fourth-order valence-electron chi connectivity index (χ4n) is 11.5. The van der Waals surface area contributed by atoms with Gasteiger partial charge in [0.05, 0.1) is 0 Å². The molecule has 10 atom stereocenters. The number of nitrogens with two attached hydrogens (primary N) is 1. The number of allylic oxidation sites excluding steroid dienone is 1. The molecule has 5 aliphatic rings. The van der Waals surface area contributed by atoms with Gasteiger partial charge in [0.1, 0.15) is 5.72 Å². The second-order valence-corrected chi connectivity index (χ2v) is 15.0. The zero-order chi connectivity index (χ0) is 23.5. The van der Waals surface area contributed by atoms with Crippen molar-refractivity contribution in [2.24, 2.45) is 62.4 Å². The molecule has 3 N–H and O–H groups in total. The van der Waals surface area contributed by atoms with Gasteiger partial charge in [-0.05, 0) is 122 Å². The minimum Gasteiger partial charge on any atom is -0.376 e. The van der Waals surface area contributed by atoms with E-state index in [1.807, 2.05) is 0 Å². The molecule has 0 radical (unpaired) electrons. The van der Waals surface area contributed by atoms with Gasteiger partial charge in [-0.1, -0.05) is 53.7 Å². The van der Waals surface area contributed by atoms with Crippen LogP contribution in [0.15, 0.2) is 12.2 Å². The van der Waals surface area contributed by atoms with Crippen molar-refractivity contribution in [3.05, 3.63) is 12.2 Å². The van der Waals surface area contributed by atoms with Gasteiger partial charge >= 0.3 is 0 Å². The van der Waals surface area contributed by atoms with Crippen LogP contribution in [-0.4, -0.2) is 10.8 Å². The van der Waals surface area contributed by atoms with Crippen molar-refractivity contribution in [1.29, 1.82) is 0 Å². The van der Waals surface area contributed by atoms with Gasteiger partial charge in [-0.25, -0.2) is 0 Å². The van der Waals surface area contributed by atoms with Gasteiger partial charge in [0.25, 0.3) is 0 Å². The molecule has 0 aliphatic heterocycles. The van der Waals surface area contributed by atoms with Crippen molar-refractivity contribution in [1.82, 2.24) is 0 Å². The van der Waals surface area contributed by atoms with Crippen LogP contribution < -0.4 is 5.73 Å². The van der Waals surface area contributed by atoms with E-state index in [-0.39, 0.29) is 5.41 Å². The van der Waals surface area contributed by atoms with Crippen molar-refractivity contribution in [3.8, 4) is 0 Å². The topological polar surface area (TPSA) is 46.2 Å². The Hall–Kier alpha value is -0.340. The standard InChI is InChI=1S/C30H51NO/c1-19(2)20-11-13-26(5)15-17-28(7)21(24(20)26)9-10-23-27(6)16-18-30(31,32)25(3,4)22(27)12-14-29(23,28)8/h20-24,32H,1,9-18,31H2,2-8H3/t20-,21+,22-,23+,24+,26+,27-,28+,29+,30-/m0/s1. The number of aliphatic hydroxyl groups is 1. The molecule has 0 aromatic carbocycles. The zero-order valence-electron chi connectivity index (χ0n) is 22.2. The Bertz CT molecular complexity index is 814. The molecule has 2 nitrogen and oxygen atoms in total. The highest BCUT2D eigenvalue weighted by atomic mass is 16.3. The van der Waals surface area contributed by atoms with Gasteiger partial charge in [0, 0.05) is 5.41 Å².